The molecule has 32 heteroatoms. The largest absolute Gasteiger partial charge is 0.389 e. The Kier molecular flexibility index (Phi) is 18.5. The van der Waals surface area contributed by atoms with E-state index in [0.29, 0.717) is 63.8 Å². The van der Waals surface area contributed by atoms with Crippen LogP contribution in [-0.2, 0) is 81.2 Å². The van der Waals surface area contributed by atoms with E-state index in [2.05, 4.69) is 40.2 Å². The minimum absolute atomic E-state index is 0.0212. The number of halogens is 2. The van der Waals surface area contributed by atoms with Gasteiger partial charge in [0.1, 0.15) is 47.7 Å². The summed E-state index contributed by atoms with van der Waals surface area (Å²) in [6, 6.07) is 23.0. The molecule has 3 aliphatic rings. The first-order valence-electron chi connectivity index (χ1n) is 27.0. The third-order valence-electron chi connectivity index (χ3n) is 14.4. The highest BCUT2D eigenvalue weighted by Gasteiger charge is 2.53. The first-order valence-corrected chi connectivity index (χ1v) is 31.8. The number of anilines is 3. The van der Waals surface area contributed by atoms with Crippen molar-refractivity contribution >= 4 is 78.8 Å². The molecule has 8 heterocycles. The van der Waals surface area contributed by atoms with Crippen molar-refractivity contribution < 1.29 is 64.5 Å². The smallest absolute Gasteiger partial charge is 0.382 e. The van der Waals surface area contributed by atoms with Gasteiger partial charge in [-0.3, -0.25) is 27.5 Å². The van der Waals surface area contributed by atoms with Gasteiger partial charge in [-0.1, -0.05) is 78.9 Å². The minimum Gasteiger partial charge on any atom is -0.382 e. The van der Waals surface area contributed by atoms with E-state index in [-0.39, 0.29) is 52.2 Å². The third kappa shape index (κ3) is 12.9. The molecular formula is C53H59BF2N14O12P2S. The summed E-state index contributed by atoms with van der Waals surface area (Å²) in [7, 11) is 2.40. The van der Waals surface area contributed by atoms with Gasteiger partial charge in [0.15, 0.2) is 47.7 Å². The molecule has 11 rings (SSSR count). The predicted molar refractivity (Wildman–Crippen MR) is 308 cm³/mol. The molecule has 0 bridgehead atoms. The Morgan fingerprint density at radius 3 is 2.06 bits per heavy atom. The average molecular weight is 1230 g/mol. The number of para-hydroxylation sites is 1. The summed E-state index contributed by atoms with van der Waals surface area (Å²) in [6.07, 6.45) is -7.39. The summed E-state index contributed by atoms with van der Waals surface area (Å²) >= 11 is 0.735. The quantitative estimate of drug-likeness (QED) is 0.0318. The molecule has 2 fully saturated rings. The van der Waals surface area contributed by atoms with E-state index in [4.69, 9.17) is 60.8 Å². The van der Waals surface area contributed by atoms with E-state index in [9.17, 15) is 9.36 Å². The molecule has 5 aromatic heterocycles. The Morgan fingerprint density at radius 1 is 0.765 bits per heavy atom. The number of carbonyl (C=O) groups excluding carboxylic acids is 1. The topological polar surface area (TPSA) is 307 Å². The van der Waals surface area contributed by atoms with Gasteiger partial charge < -0.3 is 49.1 Å². The molecule has 0 saturated carbocycles. The standard InChI is InChI=1S/C53H59BF2N14O12P2S/c1-4-39(71)67-23-34-9-5-6-10-35(34)45-42(36-11-7-8-12-37(36)67)65-66-70(45)17-18-75-19-20-76-21-22-77-24-32-13-15-33(16-14-32)26-85-84(73,82-46-31(2)79-52(40(46)55)68-29-63-43-48(57)59-27-61-50(43)68)78-25-38-47(81-83(54,72)74-3)41(56)53(80-38)69-30-64-44-49(58)60-28-62-51(44)69/h5-16,27-31,38,40-41,46-47,52-53H,4,17-26H2,1-3H3,(H2,57,59,61)(H2,58,60,62)/t31?,38-,40-,41-,46-,47-,52-,53-,83?,84?/m1/s1. The molecule has 0 aliphatic carbocycles. The highest BCUT2D eigenvalue weighted by molar-refractivity contribution is 8.54. The number of nitrogen functional groups attached to an aromatic ring is 2. The number of aromatic nitrogens is 11. The maximum atomic E-state index is 16.7. The zero-order chi connectivity index (χ0) is 59.4. The normalized spacial score (nSPS) is 22.6. The summed E-state index contributed by atoms with van der Waals surface area (Å²) in [6.45, 7) is 0.946. The van der Waals surface area contributed by atoms with Gasteiger partial charge in [-0.05, 0) is 41.1 Å². The molecule has 8 aromatic rings. The van der Waals surface area contributed by atoms with Crippen molar-refractivity contribution in [3.8, 4) is 22.5 Å². The van der Waals surface area contributed by atoms with Crippen LogP contribution in [0.2, 0.25) is 0 Å². The van der Waals surface area contributed by atoms with E-state index in [0.717, 1.165) is 58.5 Å². The summed E-state index contributed by atoms with van der Waals surface area (Å²) in [4.78, 5) is 39.6. The van der Waals surface area contributed by atoms with Crippen molar-refractivity contribution in [1.29, 1.82) is 0 Å². The molecule has 446 valence electrons. The lowest BCUT2D eigenvalue weighted by molar-refractivity contribution is -0.118. The van der Waals surface area contributed by atoms with E-state index in [1.165, 1.54) is 35.0 Å². The fraction of sp³-hybridized carbons (Fsp3) is 0.415. The molecule has 2 radical (unpaired) electrons. The number of alkyl halides is 2. The number of imidazole rings is 2. The van der Waals surface area contributed by atoms with Crippen LogP contribution in [0.5, 0.6) is 0 Å². The molecule has 85 heavy (non-hydrogen) atoms. The van der Waals surface area contributed by atoms with Crippen LogP contribution in [0.15, 0.2) is 98.1 Å². The Bertz CT molecular complexity index is 3760. The van der Waals surface area contributed by atoms with Gasteiger partial charge in [-0.2, -0.15) is 0 Å². The Hall–Kier alpha value is -6.66. The Morgan fingerprint density at radius 2 is 1.38 bits per heavy atom. The van der Waals surface area contributed by atoms with Crippen molar-refractivity contribution in [2.75, 3.05) is 63.1 Å². The summed E-state index contributed by atoms with van der Waals surface area (Å²) in [5.74, 6) is 0.138. The van der Waals surface area contributed by atoms with Crippen molar-refractivity contribution in [2.24, 2.45) is 0 Å². The molecule has 3 unspecified atom stereocenters. The molecule has 26 nitrogen and oxygen atoms in total. The average Bonchev–Trinajstić information content (AvgIpc) is 2.65. The maximum absolute atomic E-state index is 16.7. The van der Waals surface area contributed by atoms with Crippen LogP contribution in [-0.4, -0.2) is 151 Å². The van der Waals surface area contributed by atoms with Crippen LogP contribution in [0.25, 0.3) is 44.8 Å². The second kappa shape index (κ2) is 26.1. The zero-order valence-corrected chi connectivity index (χ0v) is 48.8. The fourth-order valence-corrected chi connectivity index (χ4v) is 14.2. The highest BCUT2D eigenvalue weighted by atomic mass is 32.7. The number of ether oxygens (including phenoxy) is 5. The van der Waals surface area contributed by atoms with Gasteiger partial charge in [0.25, 0.3) is 7.47 Å². The van der Waals surface area contributed by atoms with E-state index >= 15 is 13.3 Å². The Labute approximate surface area is 490 Å². The highest BCUT2D eigenvalue weighted by Crippen LogP contribution is 2.64. The van der Waals surface area contributed by atoms with Crippen molar-refractivity contribution in [3.05, 3.63) is 115 Å². The number of carbonyl (C=O) groups is 1. The summed E-state index contributed by atoms with van der Waals surface area (Å²) in [5, 5.41) is 9.13. The van der Waals surface area contributed by atoms with Gasteiger partial charge in [0, 0.05) is 30.4 Å². The van der Waals surface area contributed by atoms with Gasteiger partial charge in [0.2, 0.25) is 13.5 Å². The van der Waals surface area contributed by atoms with Crippen molar-refractivity contribution in [2.45, 2.75) is 94.9 Å². The lowest BCUT2D eigenvalue weighted by Gasteiger charge is -2.28. The third-order valence-corrected chi connectivity index (χ3v) is 19.1. The fourth-order valence-electron chi connectivity index (χ4n) is 10.1. The Balaban J connectivity index is 0.691. The van der Waals surface area contributed by atoms with E-state index in [1.807, 2.05) is 77.2 Å². The number of nitrogens with zero attached hydrogens (tertiary/aromatic N) is 12. The molecule has 0 spiro atoms. The molecule has 2 saturated heterocycles. The maximum Gasteiger partial charge on any atom is 0.389 e. The molecule has 4 N–H and O–H groups in total. The van der Waals surface area contributed by atoms with E-state index in [1.54, 1.807) is 12.1 Å². The number of hydrogen-bond acceptors (Lipinski definition) is 23. The van der Waals surface area contributed by atoms with Crippen LogP contribution in [0, 0.1) is 0 Å². The second-order valence-corrected chi connectivity index (χ2v) is 25.5. The molecule has 1 amide bonds. The molecule has 3 aliphatic heterocycles. The van der Waals surface area contributed by atoms with Crippen LogP contribution in [0.4, 0.5) is 26.1 Å². The monoisotopic (exact) mass is 1230 g/mol. The second-order valence-electron chi connectivity index (χ2n) is 19.8. The first kappa shape index (κ1) is 60.0. The number of amides is 1. The number of fused-ring (bicyclic) bond motifs is 7. The predicted octanol–water partition coefficient (Wildman–Crippen LogP) is 7.51. The van der Waals surface area contributed by atoms with Crippen LogP contribution in [0.1, 0.15) is 49.4 Å². The number of rotatable bonds is 25. The van der Waals surface area contributed by atoms with Crippen LogP contribution >= 0.6 is 25.7 Å². The van der Waals surface area contributed by atoms with Gasteiger partial charge in [0.05, 0.1) is 89.5 Å². The van der Waals surface area contributed by atoms with Gasteiger partial charge >= 0.3 is 6.80 Å². The SMILES string of the molecule is [B]P(=O)(OC)O[C@H]1[C@@H](F)[C@H](n2cnc3c(N)ncnc32)O[C@@H]1COP(=O)(O[C@@H]1C(C)O[C@@H](n2cnc3c(N)ncnc32)[C@@H]1F)SCc1ccc(COCCOCCOCCn2nnc3c2-c2ccccc2CN(C(=O)CC)c2ccccc2-3)cc1. The number of benzene rings is 3. The molecular weight excluding hydrogens is 1170 g/mol. The van der Waals surface area contributed by atoms with Gasteiger partial charge in [-0.15, -0.1) is 5.10 Å². The van der Waals surface area contributed by atoms with Gasteiger partial charge in [-0.25, -0.2) is 47.9 Å². The zero-order valence-electron chi connectivity index (χ0n) is 46.2. The van der Waals surface area contributed by atoms with Crippen molar-refractivity contribution in [1.82, 2.24) is 54.0 Å². The molecule has 10 atom stereocenters. The number of nitrogens with two attached hydrogens (primary N) is 2. The lowest BCUT2D eigenvalue weighted by atomic mass is 9.95. The molecule has 3 aromatic carbocycles. The lowest BCUT2D eigenvalue weighted by Crippen LogP contribution is -2.34. The first-order chi connectivity index (χ1) is 41.1. The minimum atomic E-state index is -4.53. The van der Waals surface area contributed by atoms with Crippen molar-refractivity contribution in [3.63, 3.8) is 0 Å². The summed E-state index contributed by atoms with van der Waals surface area (Å²) < 4.78 is 118. The van der Waals surface area contributed by atoms with E-state index < -0.39 is 70.1 Å². The van der Waals surface area contributed by atoms with Crippen LogP contribution < -0.4 is 16.4 Å². The van der Waals surface area contributed by atoms with Crippen LogP contribution in [0.3, 0.4) is 0 Å². The number of hydrogen-bond donors (Lipinski definition) is 2. The summed E-state index contributed by atoms with van der Waals surface area (Å²) in [5.41, 5.74) is 19.3.